The molecule has 0 saturated heterocycles. The molecule has 0 aliphatic carbocycles. The molecule has 0 aromatic rings. The van der Waals surface area contributed by atoms with E-state index in [4.69, 9.17) is 73.4 Å². The van der Waals surface area contributed by atoms with Crippen molar-refractivity contribution in [3.05, 3.63) is 0 Å². The summed E-state index contributed by atoms with van der Waals surface area (Å²) in [6.07, 6.45) is -18.4. The summed E-state index contributed by atoms with van der Waals surface area (Å²) >= 11 is 0. The molecule has 101 heavy (non-hydrogen) atoms. The van der Waals surface area contributed by atoms with Crippen LogP contribution in [-0.2, 0) is 154 Å². The van der Waals surface area contributed by atoms with Crippen molar-refractivity contribution in [3.8, 4) is 0 Å². The molecule has 74 heteroatoms. The molecule has 0 heterocycles. The van der Waals surface area contributed by atoms with Gasteiger partial charge in [0.2, 0.25) is 0 Å². The van der Waals surface area contributed by atoms with Gasteiger partial charge < -0.3 is 215 Å². The van der Waals surface area contributed by atoms with Gasteiger partial charge in [-0.05, 0) is 0 Å². The molecule has 0 aliphatic heterocycles. The minimum absolute atomic E-state index is 0. The van der Waals surface area contributed by atoms with Crippen molar-refractivity contribution < 1.29 is 301 Å². The van der Waals surface area contributed by atoms with Gasteiger partial charge in [0, 0.05) is 78.5 Å². The summed E-state index contributed by atoms with van der Waals surface area (Å²) in [6, 6.07) is 0. The van der Waals surface area contributed by atoms with E-state index >= 15 is 0 Å². The summed E-state index contributed by atoms with van der Waals surface area (Å²) in [4.78, 5) is 306. The maximum absolute atomic E-state index is 11.2. The molecule has 0 saturated carbocycles. The smallest absolute Gasteiger partial charge is 0.778 e. The van der Waals surface area contributed by atoms with Crippen molar-refractivity contribution in [2.24, 2.45) is 0 Å². The minimum Gasteiger partial charge on any atom is -0.778 e. The van der Waals surface area contributed by atoms with Gasteiger partial charge in [0.25, 0.3) is 0 Å². The molecular weight excluding hydrogens is 1910 g/mol. The van der Waals surface area contributed by atoms with E-state index in [1.165, 1.54) is 0 Å². The number of hydrogen-bond donors (Lipinski definition) is 15. The van der Waals surface area contributed by atoms with Crippen LogP contribution in [0.2, 0.25) is 0 Å². The van der Waals surface area contributed by atoms with Gasteiger partial charge in [-0.15, -0.1) is 0 Å². The van der Waals surface area contributed by atoms with Crippen LogP contribution in [0.4, 0.5) is 0 Å². The fraction of sp³-hybridized carbons (Fsp3) is 1.00. The molecule has 0 aliphatic rings. The van der Waals surface area contributed by atoms with Gasteiger partial charge in [-0.1, -0.05) is 0 Å². The molecular formula is C27H69Fe5N9O45P15. The fourth-order valence-electron chi connectivity index (χ4n) is 7.36. The molecule has 0 aromatic heterocycles. The Labute approximate surface area is 627 Å². The third-order valence-corrected chi connectivity index (χ3v) is 21.4. The largest absolute Gasteiger partial charge is 3.00 e. The Morgan fingerprint density at radius 1 is 0.139 bits per heavy atom. The van der Waals surface area contributed by atoms with E-state index in [9.17, 15) is 142 Å². The summed E-state index contributed by atoms with van der Waals surface area (Å²) in [6.45, 7) is -6.90. The Morgan fingerprint density at radius 3 is 0.248 bits per heavy atom. The average Bonchev–Trinajstić information content (AvgIpc) is 3.21. The predicted octanol–water partition coefficient (Wildman–Crippen LogP) is -16.8. The standard InChI is InChI=1S/3C9H28N3O15P5.5Fe/c3*13-28(14,15)5-10(1-3-11(6-29(16,17)18)7-30(19,20)21)2-4-12(8-31(22,23)24)9-32(25,26)27;;;;;/h3*1-9H2,(H2,13,14,15)(H2,16,17,18)(H2,19,20,21)(H2,22,23,24)(H2,25,26,27);;;;;/q;;;5*+3/p-15. The van der Waals surface area contributed by atoms with Crippen molar-refractivity contribution in [2.45, 2.75) is 0 Å². The van der Waals surface area contributed by atoms with Gasteiger partial charge >= 0.3 is 85.3 Å². The topological polar surface area (TPSA) is 935 Å². The first-order valence-corrected chi connectivity index (χ1v) is 51.2. The monoisotopic (exact) mass is 1980 g/mol. The summed E-state index contributed by atoms with van der Waals surface area (Å²) in [5.74, 6) is 0. The van der Waals surface area contributed by atoms with Crippen molar-refractivity contribution in [2.75, 3.05) is 173 Å². The first kappa shape index (κ1) is 121. The van der Waals surface area contributed by atoms with Gasteiger partial charge in [-0.2, -0.15) is 0 Å². The van der Waals surface area contributed by atoms with E-state index in [1.807, 2.05) is 0 Å². The maximum atomic E-state index is 11.2. The zero-order chi connectivity index (χ0) is 76.8. The Hall–Kier alpha value is 4.49. The third-order valence-electron chi connectivity index (χ3n) is 10.1. The normalized spacial score (nSPS) is 21.1. The predicted molar refractivity (Wildman–Crippen MR) is 295 cm³/mol. The first-order chi connectivity index (χ1) is 41.8. The minimum atomic E-state index is -5.06. The van der Waals surface area contributed by atoms with Crippen molar-refractivity contribution in [3.63, 3.8) is 0 Å². The zero-order valence-corrected chi connectivity index (χ0v) is 69.5. The molecule has 15 atom stereocenters. The van der Waals surface area contributed by atoms with Crippen LogP contribution >= 0.6 is 114 Å². The summed E-state index contributed by atoms with van der Waals surface area (Å²) < 4.78 is 166. The number of hydrogen-bond acceptors (Lipinski definition) is 39. The molecule has 0 spiro atoms. The molecule has 0 amide bonds. The first-order valence-electron chi connectivity index (χ1n) is 24.8. The quantitative estimate of drug-likeness (QED) is 0.0199. The number of rotatable bonds is 48. The van der Waals surface area contributed by atoms with Crippen LogP contribution < -0.4 is 73.4 Å². The molecule has 0 rings (SSSR count). The molecule has 15 unspecified atom stereocenters. The molecule has 5 radical (unpaired) electrons. The van der Waals surface area contributed by atoms with Crippen LogP contribution in [0.25, 0.3) is 0 Å². The molecule has 15 N–H and O–H groups in total. The van der Waals surface area contributed by atoms with Gasteiger partial charge in [0.15, 0.2) is 0 Å². The van der Waals surface area contributed by atoms with E-state index in [1.54, 1.807) is 0 Å². The second kappa shape index (κ2) is 50.8. The fourth-order valence-corrected chi connectivity index (χ4v) is 19.6. The second-order valence-electron chi connectivity index (χ2n) is 20.4. The molecule has 0 aromatic carbocycles. The summed E-state index contributed by atoms with van der Waals surface area (Å²) in [5, 5.41) is 0. The van der Waals surface area contributed by atoms with Gasteiger partial charge in [-0.3, -0.25) is 44.1 Å². The summed E-state index contributed by atoms with van der Waals surface area (Å²) in [7, 11) is -75.8. The SMILES string of the molecule is O=P([O-])(O)CN(CCN(CP(=O)([O-])O)CP(=O)([O-])O)CCN(CP(=O)([O-])O)CP(=O)([O-])O.O=P([O-])(O)CN(CCN(CP(=O)([O-])O)CP(=O)([O-])O)CCN(CP(=O)([O-])O)CP(=O)([O-])O.O=P([O-])(O)CN(CCN(CP(=O)([O-])O)CP(=O)([O-])O)CCN(CP(=O)([O-])O)CP(=O)([O-])O.[Fe+3].[Fe+3].[Fe+3].[Fe+3].[Fe+3]. The van der Waals surface area contributed by atoms with Crippen LogP contribution in [0.1, 0.15) is 0 Å². The molecule has 0 bridgehead atoms. The van der Waals surface area contributed by atoms with Crippen molar-refractivity contribution in [1.82, 2.24) is 44.1 Å². The third kappa shape index (κ3) is 91.6. The van der Waals surface area contributed by atoms with E-state index in [2.05, 4.69) is 0 Å². The molecule has 54 nitrogen and oxygen atoms in total. The van der Waals surface area contributed by atoms with Gasteiger partial charge in [0.1, 0.15) is 114 Å². The van der Waals surface area contributed by atoms with Crippen LogP contribution in [0.15, 0.2) is 0 Å². The van der Waals surface area contributed by atoms with Gasteiger partial charge in [-0.25, -0.2) is 0 Å². The van der Waals surface area contributed by atoms with Crippen LogP contribution in [-0.4, -0.2) is 290 Å². The summed E-state index contributed by atoms with van der Waals surface area (Å²) in [5.41, 5.74) is 0. The molecule has 0 fully saturated rings. The molecule has 607 valence electrons. The van der Waals surface area contributed by atoms with Crippen molar-refractivity contribution >= 4 is 114 Å². The van der Waals surface area contributed by atoms with E-state index < -0.39 is 287 Å². The zero-order valence-electron chi connectivity index (χ0n) is 50.5. The average molecular weight is 1980 g/mol. The maximum Gasteiger partial charge on any atom is 3.00 e. The van der Waals surface area contributed by atoms with Crippen LogP contribution in [0.5, 0.6) is 0 Å². The Bertz CT molecular complexity index is 2510. The van der Waals surface area contributed by atoms with E-state index in [0.717, 1.165) is 14.7 Å². The van der Waals surface area contributed by atoms with Crippen LogP contribution in [0.3, 0.4) is 0 Å². The Kier molecular flexibility index (Phi) is 60.9. The van der Waals surface area contributed by atoms with Crippen LogP contribution in [0, 0.1) is 0 Å². The Balaban J connectivity index is -0.000000209. The second-order valence-corrected chi connectivity index (χ2v) is 43.8. The van der Waals surface area contributed by atoms with Gasteiger partial charge in [0.05, 0.1) is 94.3 Å². The van der Waals surface area contributed by atoms with Crippen molar-refractivity contribution in [1.29, 1.82) is 0 Å². The van der Waals surface area contributed by atoms with E-state index in [-0.39, 0.29) is 85.3 Å². The Morgan fingerprint density at radius 2 is 0.188 bits per heavy atom. The van der Waals surface area contributed by atoms with E-state index in [0.29, 0.717) is 29.4 Å². The number of nitrogens with zero attached hydrogens (tertiary/aromatic N) is 9.